The smallest absolute Gasteiger partial charge is 0.379 e. The molecule has 2 N–H and O–H groups in total. The maximum atomic E-state index is 12.6. The van der Waals surface area contributed by atoms with Gasteiger partial charge in [-0.2, -0.15) is 13.2 Å². The quantitative estimate of drug-likeness (QED) is 0.319. The average molecular weight is 348 g/mol. The van der Waals surface area contributed by atoms with Gasteiger partial charge in [-0.15, -0.1) is 0 Å². The van der Waals surface area contributed by atoms with Gasteiger partial charge in [-0.25, -0.2) is 5.09 Å². The zero-order valence-corrected chi connectivity index (χ0v) is 13.9. The van der Waals surface area contributed by atoms with Crippen molar-refractivity contribution >= 4 is 13.8 Å². The molecule has 0 saturated carbocycles. The second-order valence-electron chi connectivity index (χ2n) is 5.03. The van der Waals surface area contributed by atoms with E-state index in [2.05, 4.69) is 14.9 Å². The van der Waals surface area contributed by atoms with Gasteiger partial charge in [0, 0.05) is 12.8 Å². The van der Waals surface area contributed by atoms with Gasteiger partial charge in [-0.05, 0) is 33.9 Å². The van der Waals surface area contributed by atoms with Gasteiger partial charge in [-0.1, -0.05) is 0 Å². The summed E-state index contributed by atoms with van der Waals surface area (Å²) in [6.07, 6.45) is -3.93. The minimum absolute atomic E-state index is 0.113. The Kier molecular flexibility index (Phi) is 9.41. The predicted octanol–water partition coefficient (Wildman–Crippen LogP) is 1.95. The molecule has 0 bridgehead atoms. The van der Waals surface area contributed by atoms with E-state index in [1.165, 1.54) is 6.92 Å². The minimum atomic E-state index is -4.60. The number of halogens is 3. The van der Waals surface area contributed by atoms with E-state index in [4.69, 9.17) is 4.74 Å². The Morgan fingerprint density at radius 1 is 1.27 bits per heavy atom. The summed E-state index contributed by atoms with van der Waals surface area (Å²) < 4.78 is 59.2. The molecular weight excluding hydrogens is 324 g/mol. The molecule has 0 spiro atoms. The molecule has 0 saturated heterocycles. The fourth-order valence-electron chi connectivity index (χ4n) is 1.59. The molecule has 0 aromatic heterocycles. The third-order valence-corrected chi connectivity index (χ3v) is 4.91. The van der Waals surface area contributed by atoms with E-state index in [9.17, 15) is 22.5 Å². The van der Waals surface area contributed by atoms with E-state index >= 15 is 0 Å². The van der Waals surface area contributed by atoms with Gasteiger partial charge < -0.3 is 19.4 Å². The van der Waals surface area contributed by atoms with Gasteiger partial charge in [-0.3, -0.25) is 4.57 Å². The van der Waals surface area contributed by atoms with Crippen LogP contribution in [0.25, 0.3) is 0 Å². The second kappa shape index (κ2) is 9.62. The second-order valence-corrected chi connectivity index (χ2v) is 7.30. The van der Waals surface area contributed by atoms with Crippen molar-refractivity contribution in [1.82, 2.24) is 10.4 Å². The summed E-state index contributed by atoms with van der Waals surface area (Å²) in [4.78, 5) is 11.2. The van der Waals surface area contributed by atoms with Crippen molar-refractivity contribution in [1.29, 1.82) is 0 Å². The Morgan fingerprint density at radius 3 is 2.36 bits per heavy atom. The molecule has 0 aliphatic rings. The summed E-state index contributed by atoms with van der Waals surface area (Å²) in [6, 6.07) is 0. The molecule has 0 aromatic rings. The largest absolute Gasteiger partial charge is 0.412 e. The van der Waals surface area contributed by atoms with Crippen molar-refractivity contribution in [3.8, 4) is 0 Å². The van der Waals surface area contributed by atoms with Gasteiger partial charge in [0.15, 0.2) is 6.61 Å². The van der Waals surface area contributed by atoms with E-state index in [0.29, 0.717) is 25.9 Å². The number of hydrogen-bond donors (Lipinski definition) is 2. The summed E-state index contributed by atoms with van der Waals surface area (Å²) in [5.41, 5.74) is -1.38. The van der Waals surface area contributed by atoms with Crippen LogP contribution in [0.15, 0.2) is 0 Å². The summed E-state index contributed by atoms with van der Waals surface area (Å²) in [5.74, 6) is 0. The molecule has 10 heteroatoms. The first-order chi connectivity index (χ1) is 10.1. The van der Waals surface area contributed by atoms with Crippen LogP contribution in [0.1, 0.15) is 20.3 Å². The Bertz CT molecular complexity index is 382. The Balaban J connectivity index is 4.95. The van der Waals surface area contributed by atoms with Gasteiger partial charge in [0.25, 0.3) is 7.52 Å². The van der Waals surface area contributed by atoms with Crippen molar-refractivity contribution in [2.24, 2.45) is 0 Å². The van der Waals surface area contributed by atoms with Crippen molar-refractivity contribution in [2.45, 2.75) is 32.0 Å². The number of alkyl halides is 3. The van der Waals surface area contributed by atoms with Gasteiger partial charge in [0.1, 0.15) is 11.8 Å². The van der Waals surface area contributed by atoms with Gasteiger partial charge in [0.2, 0.25) is 0 Å². The number of rotatable bonds is 12. The monoisotopic (exact) mass is 348 g/mol. The lowest BCUT2D eigenvalue weighted by Crippen LogP contribution is -2.47. The molecule has 0 aromatic carbocycles. The average Bonchev–Trinajstić information content (AvgIpc) is 2.43. The van der Waals surface area contributed by atoms with Crippen molar-refractivity contribution < 1.29 is 31.8 Å². The molecule has 22 heavy (non-hydrogen) atoms. The molecule has 6 nitrogen and oxygen atoms in total. The summed E-state index contributed by atoms with van der Waals surface area (Å²) in [5, 5.41) is 5.24. The number of ether oxygens (including phenoxy) is 1. The van der Waals surface area contributed by atoms with Crippen LogP contribution in [-0.2, 0) is 18.6 Å². The summed E-state index contributed by atoms with van der Waals surface area (Å²) in [6.45, 7) is 2.14. The van der Waals surface area contributed by atoms with E-state index in [0.717, 1.165) is 0 Å². The molecular formula is C12H24F3N2O4P. The third kappa shape index (κ3) is 9.53. The van der Waals surface area contributed by atoms with Crippen LogP contribution in [0.4, 0.5) is 13.2 Å². The number of carbonyl (C=O) groups is 1. The van der Waals surface area contributed by atoms with Gasteiger partial charge in [0.05, 0.1) is 6.61 Å². The molecule has 0 radical (unpaired) electrons. The lowest BCUT2D eigenvalue weighted by molar-refractivity contribution is -0.153. The minimum Gasteiger partial charge on any atom is -0.379 e. The van der Waals surface area contributed by atoms with Crippen LogP contribution in [0.2, 0.25) is 0 Å². The van der Waals surface area contributed by atoms with Crippen molar-refractivity contribution in [3.63, 3.8) is 0 Å². The summed E-state index contributed by atoms with van der Waals surface area (Å²) >= 11 is 0. The number of hydrogen-bond acceptors (Lipinski definition) is 5. The lowest BCUT2D eigenvalue weighted by Gasteiger charge is -2.30. The molecule has 0 rings (SSSR count). The Hall–Kier alpha value is -0.470. The number of nitrogens with one attached hydrogen (secondary N) is 2. The van der Waals surface area contributed by atoms with E-state index < -0.39 is 25.8 Å². The maximum absolute atomic E-state index is 12.6. The predicted molar refractivity (Wildman–Crippen MR) is 77.1 cm³/mol. The van der Waals surface area contributed by atoms with Crippen molar-refractivity contribution in [3.05, 3.63) is 0 Å². The molecule has 0 fully saturated rings. The standard InChI is InChI=1S/C12H24F3N2O4P/c1-4-20-9-11(2,8-18)17-22(19,7-5-6-16-3)21-10-12(13,14)15/h8,16H,4-7,9-10H2,1-3H3,(H,17,19)/t11-,22?/m0/s1. The zero-order valence-electron chi connectivity index (χ0n) is 13.0. The normalized spacial score (nSPS) is 17.7. The topological polar surface area (TPSA) is 76.7 Å². The molecule has 0 amide bonds. The Labute approximate surface area is 128 Å². The maximum Gasteiger partial charge on any atom is 0.412 e. The molecule has 0 heterocycles. The molecule has 0 aliphatic heterocycles. The molecule has 1 unspecified atom stereocenters. The first-order valence-electron chi connectivity index (χ1n) is 6.88. The van der Waals surface area contributed by atoms with E-state index in [-0.39, 0.29) is 12.8 Å². The van der Waals surface area contributed by atoms with Crippen molar-refractivity contribution in [2.75, 3.05) is 39.6 Å². The zero-order chi connectivity index (χ0) is 17.3. The van der Waals surface area contributed by atoms with Gasteiger partial charge >= 0.3 is 6.18 Å². The third-order valence-electron chi connectivity index (χ3n) is 2.61. The van der Waals surface area contributed by atoms with E-state index in [1.807, 2.05) is 0 Å². The number of carbonyl (C=O) groups excluding carboxylic acids is 1. The van der Waals surface area contributed by atoms with Crippen LogP contribution in [-0.4, -0.2) is 57.6 Å². The number of aldehydes is 1. The molecule has 132 valence electrons. The first-order valence-corrected chi connectivity index (χ1v) is 8.69. The fraction of sp³-hybridized carbons (Fsp3) is 0.917. The molecule has 0 aliphatic carbocycles. The lowest BCUT2D eigenvalue weighted by atomic mass is 10.1. The Morgan fingerprint density at radius 2 is 1.91 bits per heavy atom. The highest BCUT2D eigenvalue weighted by Gasteiger charge is 2.38. The van der Waals surface area contributed by atoms with Crippen LogP contribution in [0, 0.1) is 0 Å². The summed E-state index contributed by atoms with van der Waals surface area (Å²) in [7, 11) is -2.18. The highest BCUT2D eigenvalue weighted by atomic mass is 31.2. The van der Waals surface area contributed by atoms with Crippen LogP contribution in [0.3, 0.4) is 0 Å². The molecule has 2 atom stereocenters. The first kappa shape index (κ1) is 21.5. The SMILES string of the molecule is CCOC[C@](C)(C=O)NP(=O)(CCCNC)OCC(F)(F)F. The highest BCUT2D eigenvalue weighted by Crippen LogP contribution is 2.46. The van der Waals surface area contributed by atoms with Crippen LogP contribution in [0.5, 0.6) is 0 Å². The fourth-order valence-corrected chi connectivity index (χ4v) is 3.72. The van der Waals surface area contributed by atoms with Crippen LogP contribution < -0.4 is 10.4 Å². The highest BCUT2D eigenvalue weighted by molar-refractivity contribution is 7.56. The van der Waals surface area contributed by atoms with E-state index in [1.54, 1.807) is 14.0 Å². The van der Waals surface area contributed by atoms with Crippen LogP contribution >= 0.6 is 7.52 Å².